The zero-order chi connectivity index (χ0) is 17.2. The summed E-state index contributed by atoms with van der Waals surface area (Å²) in [5.41, 5.74) is 4.65. The molecule has 4 rings (SSSR count). The van der Waals surface area contributed by atoms with Crippen LogP contribution in [0.1, 0.15) is 43.2 Å². The van der Waals surface area contributed by atoms with Gasteiger partial charge in [0.2, 0.25) is 0 Å². The maximum Gasteiger partial charge on any atom is 0.156 e. The average molecular weight is 331 g/mol. The molecule has 1 saturated carbocycles. The number of anilines is 1. The minimum absolute atomic E-state index is 0.526. The Labute approximate surface area is 149 Å². The summed E-state index contributed by atoms with van der Waals surface area (Å²) in [7, 11) is 0. The van der Waals surface area contributed by atoms with Gasteiger partial charge in [0, 0.05) is 22.4 Å². The zero-order valence-corrected chi connectivity index (χ0v) is 15.0. The Morgan fingerprint density at radius 1 is 0.880 bits per heavy atom. The van der Waals surface area contributed by atoms with Crippen molar-refractivity contribution in [2.45, 2.75) is 52.0 Å². The van der Waals surface area contributed by atoms with Gasteiger partial charge in [0.1, 0.15) is 5.69 Å². The molecule has 0 aliphatic heterocycles. The van der Waals surface area contributed by atoms with E-state index in [0.717, 1.165) is 16.9 Å². The molecule has 0 spiro atoms. The van der Waals surface area contributed by atoms with Crippen molar-refractivity contribution >= 4 is 16.6 Å². The molecule has 1 N–H and O–H groups in total. The Kier molecular flexibility index (Phi) is 4.39. The first kappa shape index (κ1) is 16.1. The van der Waals surface area contributed by atoms with Crippen LogP contribution in [0, 0.1) is 13.8 Å². The molecule has 25 heavy (non-hydrogen) atoms. The minimum Gasteiger partial charge on any atom is -0.365 e. The number of nitrogens with one attached hydrogen (secondary N) is 1. The van der Waals surface area contributed by atoms with Gasteiger partial charge in [-0.1, -0.05) is 67.3 Å². The van der Waals surface area contributed by atoms with Crippen LogP contribution in [0.5, 0.6) is 0 Å². The monoisotopic (exact) mass is 331 g/mol. The third-order valence-electron chi connectivity index (χ3n) is 5.27. The fraction of sp³-hybridized carbons (Fsp3) is 0.364. The lowest BCUT2D eigenvalue weighted by Gasteiger charge is -2.24. The third-order valence-corrected chi connectivity index (χ3v) is 5.27. The number of fused-ring (bicyclic) bond motifs is 1. The molecule has 0 saturated heterocycles. The Morgan fingerprint density at radius 3 is 2.40 bits per heavy atom. The maximum atomic E-state index is 4.62. The summed E-state index contributed by atoms with van der Waals surface area (Å²) in [6, 6.07) is 15.5. The number of nitrogens with zero attached hydrogens (tertiary/aromatic N) is 2. The molecule has 1 aliphatic carbocycles. The van der Waals surface area contributed by atoms with Gasteiger partial charge in [-0.25, -0.2) is 0 Å². The van der Waals surface area contributed by atoms with Gasteiger partial charge in [0.05, 0.1) is 0 Å². The van der Waals surface area contributed by atoms with Crippen molar-refractivity contribution in [3.63, 3.8) is 0 Å². The van der Waals surface area contributed by atoms with E-state index in [-0.39, 0.29) is 0 Å². The Bertz CT molecular complexity index is 895. The third kappa shape index (κ3) is 3.23. The summed E-state index contributed by atoms with van der Waals surface area (Å²) in [5.74, 6) is 0.927. The fourth-order valence-electron chi connectivity index (χ4n) is 3.93. The highest BCUT2D eigenvalue weighted by molar-refractivity contribution is 6.00. The van der Waals surface area contributed by atoms with E-state index in [0.29, 0.717) is 6.04 Å². The largest absolute Gasteiger partial charge is 0.365 e. The molecular formula is C22H25N3. The molecule has 3 aromatic rings. The van der Waals surface area contributed by atoms with Crippen molar-refractivity contribution in [2.24, 2.45) is 0 Å². The molecule has 1 fully saturated rings. The number of aryl methyl sites for hydroxylation is 2. The van der Waals surface area contributed by atoms with E-state index in [1.807, 2.05) is 0 Å². The average Bonchev–Trinajstić information content (AvgIpc) is 2.64. The molecule has 3 nitrogen and oxygen atoms in total. The van der Waals surface area contributed by atoms with Gasteiger partial charge in [-0.2, -0.15) is 0 Å². The van der Waals surface area contributed by atoms with Crippen molar-refractivity contribution in [3.05, 3.63) is 53.6 Å². The molecule has 1 heterocycles. The summed E-state index contributed by atoms with van der Waals surface area (Å²) in [5, 5.41) is 15.2. The Morgan fingerprint density at radius 2 is 1.64 bits per heavy atom. The summed E-state index contributed by atoms with van der Waals surface area (Å²) >= 11 is 0. The number of rotatable bonds is 3. The summed E-state index contributed by atoms with van der Waals surface area (Å²) < 4.78 is 0. The van der Waals surface area contributed by atoms with E-state index >= 15 is 0 Å². The number of benzene rings is 2. The van der Waals surface area contributed by atoms with E-state index in [1.54, 1.807) is 0 Å². The highest BCUT2D eigenvalue weighted by Gasteiger charge is 2.17. The first-order valence-electron chi connectivity index (χ1n) is 9.32. The van der Waals surface area contributed by atoms with E-state index in [9.17, 15) is 0 Å². The van der Waals surface area contributed by atoms with Crippen molar-refractivity contribution in [2.75, 3.05) is 5.32 Å². The highest BCUT2D eigenvalue weighted by atomic mass is 15.2. The van der Waals surface area contributed by atoms with Gasteiger partial charge < -0.3 is 5.32 Å². The first-order valence-corrected chi connectivity index (χ1v) is 9.32. The molecule has 0 unspecified atom stereocenters. The number of hydrogen-bond donors (Lipinski definition) is 1. The molecule has 2 aromatic carbocycles. The van der Waals surface area contributed by atoms with Gasteiger partial charge in [-0.3, -0.25) is 0 Å². The highest BCUT2D eigenvalue weighted by Crippen LogP contribution is 2.32. The predicted octanol–water partition coefficient (Wildman–Crippen LogP) is 5.66. The van der Waals surface area contributed by atoms with E-state index in [4.69, 9.17) is 0 Å². The van der Waals surface area contributed by atoms with Crippen LogP contribution in [-0.2, 0) is 0 Å². The fourth-order valence-corrected chi connectivity index (χ4v) is 3.93. The van der Waals surface area contributed by atoms with Gasteiger partial charge >= 0.3 is 0 Å². The van der Waals surface area contributed by atoms with Crippen LogP contribution in [0.25, 0.3) is 22.0 Å². The maximum absolute atomic E-state index is 4.62. The number of hydrogen-bond acceptors (Lipinski definition) is 3. The molecule has 0 amide bonds. The van der Waals surface area contributed by atoms with Gasteiger partial charge in [0.25, 0.3) is 0 Å². The van der Waals surface area contributed by atoms with Crippen LogP contribution in [-0.4, -0.2) is 16.2 Å². The lowest BCUT2D eigenvalue weighted by molar-refractivity contribution is 0.462. The Balaban J connectivity index is 1.78. The van der Waals surface area contributed by atoms with Crippen LogP contribution in [0.2, 0.25) is 0 Å². The molecule has 0 bridgehead atoms. The van der Waals surface area contributed by atoms with Crippen molar-refractivity contribution in [1.29, 1.82) is 0 Å². The molecule has 1 aromatic heterocycles. The molecule has 0 atom stereocenters. The van der Waals surface area contributed by atoms with E-state index in [1.165, 1.54) is 54.2 Å². The second-order valence-electron chi connectivity index (χ2n) is 7.24. The summed E-state index contributed by atoms with van der Waals surface area (Å²) in [6.45, 7) is 4.27. The zero-order valence-electron chi connectivity index (χ0n) is 15.0. The van der Waals surface area contributed by atoms with Crippen LogP contribution in [0.4, 0.5) is 5.82 Å². The molecular weight excluding hydrogens is 306 g/mol. The SMILES string of the molecule is Cc1ccc(-c2nnc(NC3CCCCC3)c3ccccc23)c(C)c1. The smallest absolute Gasteiger partial charge is 0.156 e. The van der Waals surface area contributed by atoms with Crippen molar-refractivity contribution in [1.82, 2.24) is 10.2 Å². The first-order chi connectivity index (χ1) is 12.2. The molecule has 128 valence electrons. The van der Waals surface area contributed by atoms with Crippen LogP contribution >= 0.6 is 0 Å². The molecule has 3 heteroatoms. The molecule has 0 radical (unpaired) electrons. The van der Waals surface area contributed by atoms with Crippen LogP contribution < -0.4 is 5.32 Å². The summed E-state index contributed by atoms with van der Waals surface area (Å²) in [6.07, 6.45) is 6.44. The lowest BCUT2D eigenvalue weighted by atomic mass is 9.95. The topological polar surface area (TPSA) is 37.8 Å². The van der Waals surface area contributed by atoms with Crippen molar-refractivity contribution < 1.29 is 0 Å². The van der Waals surface area contributed by atoms with E-state index in [2.05, 4.69) is 71.8 Å². The summed E-state index contributed by atoms with van der Waals surface area (Å²) in [4.78, 5) is 0. The van der Waals surface area contributed by atoms with Gasteiger partial charge in [-0.05, 0) is 32.3 Å². The van der Waals surface area contributed by atoms with Crippen LogP contribution in [0.3, 0.4) is 0 Å². The van der Waals surface area contributed by atoms with Crippen LogP contribution in [0.15, 0.2) is 42.5 Å². The van der Waals surface area contributed by atoms with Gasteiger partial charge in [-0.15, -0.1) is 10.2 Å². The second kappa shape index (κ2) is 6.83. The normalized spacial score (nSPS) is 15.4. The second-order valence-corrected chi connectivity index (χ2v) is 7.24. The van der Waals surface area contributed by atoms with E-state index < -0.39 is 0 Å². The number of aromatic nitrogens is 2. The quantitative estimate of drug-likeness (QED) is 0.673. The Hall–Kier alpha value is -2.42. The predicted molar refractivity (Wildman–Crippen MR) is 105 cm³/mol. The van der Waals surface area contributed by atoms with Gasteiger partial charge in [0.15, 0.2) is 5.82 Å². The standard InChI is InChI=1S/C22H25N3/c1-15-12-13-18(16(2)14-15)21-19-10-6-7-11-20(19)22(25-24-21)23-17-8-4-3-5-9-17/h6-7,10-14,17H,3-5,8-9H2,1-2H3,(H,23,25). The molecule has 1 aliphatic rings. The van der Waals surface area contributed by atoms with Crippen molar-refractivity contribution in [3.8, 4) is 11.3 Å². The lowest BCUT2D eigenvalue weighted by Crippen LogP contribution is -2.23. The minimum atomic E-state index is 0.526.